The molecule has 12 heteroatoms. The molecule has 0 aliphatic carbocycles. The van der Waals surface area contributed by atoms with Gasteiger partial charge in [-0.25, -0.2) is 14.6 Å². The number of alkyl halides is 3. The Balaban J connectivity index is 1.24. The third-order valence-corrected chi connectivity index (χ3v) is 6.23. The molecule has 0 fully saturated rings. The minimum Gasteiger partial charge on any atom is -0.361 e. The van der Waals surface area contributed by atoms with Crippen LogP contribution in [0.1, 0.15) is 29.7 Å². The first-order chi connectivity index (χ1) is 18.7. The van der Waals surface area contributed by atoms with Gasteiger partial charge < -0.3 is 15.6 Å². The zero-order valence-corrected chi connectivity index (χ0v) is 21.1. The van der Waals surface area contributed by atoms with Crippen molar-refractivity contribution in [1.82, 2.24) is 35.3 Å². The molecule has 200 valence electrons. The van der Waals surface area contributed by atoms with Crippen molar-refractivity contribution < 1.29 is 18.0 Å². The third kappa shape index (κ3) is 5.89. The summed E-state index contributed by atoms with van der Waals surface area (Å²) >= 11 is 0. The summed E-state index contributed by atoms with van der Waals surface area (Å²) in [4.78, 5) is 24.4. The van der Waals surface area contributed by atoms with Gasteiger partial charge in [0.05, 0.1) is 17.5 Å². The quantitative estimate of drug-likeness (QED) is 0.252. The SMILES string of the molecule is Cc1cc(Nc2cc(C(F)(F)F)ccn2)nc(-c2cn(C(C)C(=O)NCCc3c[nH]c4ccccc34)nn2)c1. The Bertz CT molecular complexity index is 1620. The number of carbonyl (C=O) groups is 1. The summed E-state index contributed by atoms with van der Waals surface area (Å²) in [6.45, 7) is 4.00. The maximum Gasteiger partial charge on any atom is 0.416 e. The monoisotopic (exact) mass is 534 g/mol. The van der Waals surface area contributed by atoms with Crippen LogP contribution >= 0.6 is 0 Å². The lowest BCUT2D eigenvalue weighted by Gasteiger charge is -2.12. The first kappa shape index (κ1) is 25.9. The van der Waals surface area contributed by atoms with Crippen LogP contribution < -0.4 is 10.6 Å². The molecule has 0 radical (unpaired) electrons. The molecule has 9 nitrogen and oxygen atoms in total. The summed E-state index contributed by atoms with van der Waals surface area (Å²) in [5.74, 6) is 0.103. The van der Waals surface area contributed by atoms with Crippen molar-refractivity contribution in [2.45, 2.75) is 32.5 Å². The van der Waals surface area contributed by atoms with Crippen molar-refractivity contribution in [3.05, 3.63) is 83.8 Å². The molecule has 3 N–H and O–H groups in total. The highest BCUT2D eigenvalue weighted by atomic mass is 19.4. The number of hydrogen-bond donors (Lipinski definition) is 3. The summed E-state index contributed by atoms with van der Waals surface area (Å²) in [5.41, 5.74) is 3.02. The zero-order chi connectivity index (χ0) is 27.6. The summed E-state index contributed by atoms with van der Waals surface area (Å²) in [6, 6.07) is 12.6. The molecule has 1 aromatic carbocycles. The van der Waals surface area contributed by atoms with Gasteiger partial charge in [0.1, 0.15) is 23.4 Å². The van der Waals surface area contributed by atoms with Crippen molar-refractivity contribution in [3.63, 3.8) is 0 Å². The highest BCUT2D eigenvalue weighted by Crippen LogP contribution is 2.31. The number of fused-ring (bicyclic) bond motifs is 1. The third-order valence-electron chi connectivity index (χ3n) is 6.23. The number of carbonyl (C=O) groups excluding carboxylic acids is 1. The number of benzene rings is 1. The van der Waals surface area contributed by atoms with E-state index < -0.39 is 17.8 Å². The van der Waals surface area contributed by atoms with Gasteiger partial charge in [-0.1, -0.05) is 23.4 Å². The predicted molar refractivity (Wildman–Crippen MR) is 140 cm³/mol. The Morgan fingerprint density at radius 2 is 1.92 bits per heavy atom. The average Bonchev–Trinajstić information content (AvgIpc) is 3.56. The van der Waals surface area contributed by atoms with Crippen LogP contribution in [0.3, 0.4) is 0 Å². The van der Waals surface area contributed by atoms with E-state index in [1.54, 1.807) is 25.3 Å². The van der Waals surface area contributed by atoms with Crippen molar-refractivity contribution in [1.29, 1.82) is 0 Å². The molecule has 1 unspecified atom stereocenters. The molecule has 0 saturated heterocycles. The van der Waals surface area contributed by atoms with Crippen LogP contribution in [-0.2, 0) is 17.4 Å². The molecule has 4 aromatic heterocycles. The van der Waals surface area contributed by atoms with Crippen molar-refractivity contribution in [2.24, 2.45) is 0 Å². The van der Waals surface area contributed by atoms with Gasteiger partial charge in [0, 0.05) is 29.8 Å². The molecule has 5 rings (SSSR count). The number of hydrogen-bond acceptors (Lipinski definition) is 6. The number of aryl methyl sites for hydroxylation is 1. The number of anilines is 2. The number of halogens is 3. The molecular weight excluding hydrogens is 509 g/mol. The molecule has 0 spiro atoms. The Morgan fingerprint density at radius 3 is 2.74 bits per heavy atom. The normalized spacial score (nSPS) is 12.4. The lowest BCUT2D eigenvalue weighted by atomic mass is 10.1. The van der Waals surface area contributed by atoms with E-state index in [0.717, 1.165) is 40.4 Å². The van der Waals surface area contributed by atoms with E-state index in [1.807, 2.05) is 37.4 Å². The molecule has 1 amide bonds. The first-order valence-electron chi connectivity index (χ1n) is 12.2. The maximum absolute atomic E-state index is 13.1. The van der Waals surface area contributed by atoms with Gasteiger partial charge in [-0.15, -0.1) is 5.10 Å². The van der Waals surface area contributed by atoms with E-state index in [4.69, 9.17) is 0 Å². The number of amides is 1. The molecule has 0 bridgehead atoms. The van der Waals surface area contributed by atoms with E-state index in [0.29, 0.717) is 30.2 Å². The topological polar surface area (TPSA) is 113 Å². The minimum atomic E-state index is -4.48. The number of aromatic amines is 1. The number of H-pyrrole nitrogens is 1. The van der Waals surface area contributed by atoms with Crippen LogP contribution in [0.4, 0.5) is 24.8 Å². The van der Waals surface area contributed by atoms with Gasteiger partial charge in [0.25, 0.3) is 0 Å². The first-order valence-corrected chi connectivity index (χ1v) is 12.2. The minimum absolute atomic E-state index is 0.00968. The highest BCUT2D eigenvalue weighted by molar-refractivity contribution is 5.83. The second kappa shape index (κ2) is 10.6. The lowest BCUT2D eigenvalue weighted by Crippen LogP contribution is -2.32. The fourth-order valence-corrected chi connectivity index (χ4v) is 4.18. The van der Waals surface area contributed by atoms with Gasteiger partial charge in [-0.05, 0) is 61.7 Å². The van der Waals surface area contributed by atoms with Gasteiger partial charge in [-0.2, -0.15) is 13.2 Å². The molecule has 0 saturated carbocycles. The second-order valence-corrected chi connectivity index (χ2v) is 9.13. The van der Waals surface area contributed by atoms with Gasteiger partial charge in [-0.3, -0.25) is 4.79 Å². The number of rotatable bonds is 8. The summed E-state index contributed by atoms with van der Waals surface area (Å²) < 4.78 is 40.6. The second-order valence-electron chi connectivity index (χ2n) is 9.13. The highest BCUT2D eigenvalue weighted by Gasteiger charge is 2.30. The average molecular weight is 535 g/mol. The Hall–Kier alpha value is -4.74. The van der Waals surface area contributed by atoms with Gasteiger partial charge in [0.15, 0.2) is 0 Å². The van der Waals surface area contributed by atoms with Crippen LogP contribution in [0, 0.1) is 6.92 Å². The predicted octanol–water partition coefficient (Wildman–Crippen LogP) is 5.21. The van der Waals surface area contributed by atoms with E-state index in [-0.39, 0.29) is 11.7 Å². The number of para-hydroxylation sites is 1. The lowest BCUT2D eigenvalue weighted by molar-refractivity contribution is -0.137. The van der Waals surface area contributed by atoms with Crippen molar-refractivity contribution in [3.8, 4) is 11.4 Å². The van der Waals surface area contributed by atoms with Gasteiger partial charge >= 0.3 is 6.18 Å². The Kier molecular flexibility index (Phi) is 7.01. The van der Waals surface area contributed by atoms with E-state index in [9.17, 15) is 18.0 Å². The molecule has 0 aliphatic rings. The van der Waals surface area contributed by atoms with E-state index >= 15 is 0 Å². The number of aromatic nitrogens is 6. The smallest absolute Gasteiger partial charge is 0.361 e. The van der Waals surface area contributed by atoms with Crippen LogP contribution in [0.25, 0.3) is 22.3 Å². The maximum atomic E-state index is 13.1. The standard InChI is InChI=1S/C27H25F3N8O/c1-16-11-22(34-25(12-16)35-24-13-19(8-10-31-24)27(28,29)30)23-15-38(37-36-23)17(2)26(39)32-9-7-18-14-33-21-6-4-3-5-20(18)21/h3-6,8,10-15,17,33H,7,9H2,1-2H3,(H,32,39)(H,31,34,35). The molecule has 1 atom stereocenters. The Morgan fingerprint density at radius 1 is 1.10 bits per heavy atom. The van der Waals surface area contributed by atoms with Crippen LogP contribution in [0.15, 0.2) is 67.1 Å². The number of nitrogens with zero attached hydrogens (tertiary/aromatic N) is 5. The zero-order valence-electron chi connectivity index (χ0n) is 21.1. The largest absolute Gasteiger partial charge is 0.416 e. The molecule has 0 aliphatic heterocycles. The van der Waals surface area contributed by atoms with Crippen LogP contribution in [-0.4, -0.2) is 42.4 Å². The van der Waals surface area contributed by atoms with Gasteiger partial charge in [0.2, 0.25) is 5.91 Å². The number of pyridine rings is 2. The van der Waals surface area contributed by atoms with E-state index in [1.165, 1.54) is 4.68 Å². The Labute approximate surface area is 221 Å². The molecule has 4 heterocycles. The molecule has 39 heavy (non-hydrogen) atoms. The fraction of sp³-hybridized carbons (Fsp3) is 0.222. The van der Waals surface area contributed by atoms with Crippen LogP contribution in [0.2, 0.25) is 0 Å². The van der Waals surface area contributed by atoms with Crippen LogP contribution in [0.5, 0.6) is 0 Å². The summed E-state index contributed by atoms with van der Waals surface area (Å²) in [5, 5.41) is 15.1. The fourth-order valence-electron chi connectivity index (χ4n) is 4.18. The number of nitrogens with one attached hydrogen (secondary N) is 3. The van der Waals surface area contributed by atoms with Crippen molar-refractivity contribution in [2.75, 3.05) is 11.9 Å². The molecular formula is C27H25F3N8O. The van der Waals surface area contributed by atoms with E-state index in [2.05, 4.69) is 35.9 Å². The summed E-state index contributed by atoms with van der Waals surface area (Å²) in [7, 11) is 0. The van der Waals surface area contributed by atoms with Crippen molar-refractivity contribution >= 4 is 28.4 Å². The summed E-state index contributed by atoms with van der Waals surface area (Å²) in [6.07, 6.45) is 0.834. The molecule has 5 aromatic rings.